The van der Waals surface area contributed by atoms with Gasteiger partial charge in [0.1, 0.15) is 6.54 Å². The van der Waals surface area contributed by atoms with Gasteiger partial charge in [0.15, 0.2) is 0 Å². The second-order valence-electron chi connectivity index (χ2n) is 6.36. The van der Waals surface area contributed by atoms with Crippen LogP contribution >= 0.6 is 15.9 Å². The lowest BCUT2D eigenvalue weighted by Gasteiger charge is -2.23. The standard InChI is InChI=1S/C18H20BrN3O4/c1-2-15(23)20-6-3-7-21(9-8-20)16(24)11-22-17(25)13-5-4-12(19)10-14(13)18(22)26/h4-5,10H,2-3,6-9,11H2,1H3. The number of benzene rings is 1. The van der Waals surface area contributed by atoms with Gasteiger partial charge in [-0.3, -0.25) is 24.1 Å². The Morgan fingerprint density at radius 3 is 2.23 bits per heavy atom. The van der Waals surface area contributed by atoms with E-state index >= 15 is 0 Å². The van der Waals surface area contributed by atoms with Gasteiger partial charge in [-0.2, -0.15) is 0 Å². The number of amides is 4. The molecule has 0 spiro atoms. The molecular weight excluding hydrogens is 402 g/mol. The van der Waals surface area contributed by atoms with Gasteiger partial charge in [0.2, 0.25) is 11.8 Å². The topological polar surface area (TPSA) is 78.0 Å². The molecule has 0 radical (unpaired) electrons. The molecule has 138 valence electrons. The van der Waals surface area contributed by atoms with Crippen molar-refractivity contribution in [2.24, 2.45) is 0 Å². The van der Waals surface area contributed by atoms with Gasteiger partial charge >= 0.3 is 0 Å². The first-order valence-electron chi connectivity index (χ1n) is 8.63. The summed E-state index contributed by atoms with van der Waals surface area (Å²) in [4.78, 5) is 53.8. The highest BCUT2D eigenvalue weighted by molar-refractivity contribution is 9.10. The van der Waals surface area contributed by atoms with Crippen molar-refractivity contribution >= 4 is 39.6 Å². The summed E-state index contributed by atoms with van der Waals surface area (Å²) in [5.41, 5.74) is 0.634. The molecule has 2 aliphatic heterocycles. The quantitative estimate of drug-likeness (QED) is 0.693. The second kappa shape index (κ2) is 7.57. The molecule has 3 rings (SSSR count). The molecule has 1 fully saturated rings. The number of halogens is 1. The summed E-state index contributed by atoms with van der Waals surface area (Å²) >= 11 is 3.29. The highest BCUT2D eigenvalue weighted by Gasteiger charge is 2.37. The van der Waals surface area contributed by atoms with Crippen LogP contribution in [-0.4, -0.2) is 71.1 Å². The smallest absolute Gasteiger partial charge is 0.262 e. The van der Waals surface area contributed by atoms with Crippen molar-refractivity contribution in [1.29, 1.82) is 0 Å². The lowest BCUT2D eigenvalue weighted by Crippen LogP contribution is -2.44. The third-order valence-corrected chi connectivity index (χ3v) is 5.22. The van der Waals surface area contributed by atoms with E-state index < -0.39 is 11.8 Å². The number of imide groups is 1. The first-order chi connectivity index (χ1) is 12.4. The predicted octanol–water partition coefficient (Wildman–Crippen LogP) is 1.52. The molecule has 0 unspecified atom stereocenters. The van der Waals surface area contributed by atoms with Crippen LogP contribution in [0.25, 0.3) is 0 Å². The Labute approximate surface area is 160 Å². The van der Waals surface area contributed by atoms with Gasteiger partial charge in [-0.05, 0) is 24.6 Å². The van der Waals surface area contributed by atoms with Crippen molar-refractivity contribution < 1.29 is 19.2 Å². The van der Waals surface area contributed by atoms with Crippen molar-refractivity contribution in [1.82, 2.24) is 14.7 Å². The van der Waals surface area contributed by atoms with Crippen molar-refractivity contribution in [2.75, 3.05) is 32.7 Å². The van der Waals surface area contributed by atoms with Crippen LogP contribution in [0.1, 0.15) is 40.5 Å². The Bertz CT molecular complexity index is 780. The van der Waals surface area contributed by atoms with Gasteiger partial charge < -0.3 is 9.80 Å². The normalized spacial score (nSPS) is 17.4. The predicted molar refractivity (Wildman–Crippen MR) is 97.6 cm³/mol. The Kier molecular flexibility index (Phi) is 5.41. The molecular formula is C18H20BrN3O4. The van der Waals surface area contributed by atoms with E-state index in [1.165, 1.54) is 0 Å². The lowest BCUT2D eigenvalue weighted by molar-refractivity contribution is -0.133. The zero-order chi connectivity index (χ0) is 18.8. The van der Waals surface area contributed by atoms with E-state index in [2.05, 4.69) is 15.9 Å². The Morgan fingerprint density at radius 1 is 0.962 bits per heavy atom. The average Bonchev–Trinajstić information content (AvgIpc) is 2.82. The Morgan fingerprint density at radius 2 is 1.58 bits per heavy atom. The molecule has 1 saturated heterocycles. The van der Waals surface area contributed by atoms with E-state index in [-0.39, 0.29) is 18.4 Å². The number of rotatable bonds is 3. The fraction of sp³-hybridized carbons (Fsp3) is 0.444. The first-order valence-corrected chi connectivity index (χ1v) is 9.43. The van der Waals surface area contributed by atoms with Gasteiger partial charge in [0.05, 0.1) is 11.1 Å². The largest absolute Gasteiger partial charge is 0.341 e. The van der Waals surface area contributed by atoms with Crippen LogP contribution in [0.15, 0.2) is 22.7 Å². The van der Waals surface area contributed by atoms with E-state index in [1.54, 1.807) is 28.0 Å². The molecule has 7 nitrogen and oxygen atoms in total. The molecule has 0 saturated carbocycles. The van der Waals surface area contributed by atoms with Crippen LogP contribution in [0.2, 0.25) is 0 Å². The third-order valence-electron chi connectivity index (χ3n) is 4.73. The Balaban J connectivity index is 1.66. The van der Waals surface area contributed by atoms with Crippen molar-refractivity contribution in [3.8, 4) is 0 Å². The molecule has 2 aliphatic rings. The minimum absolute atomic E-state index is 0.0743. The van der Waals surface area contributed by atoms with E-state index in [9.17, 15) is 19.2 Å². The molecule has 4 amide bonds. The summed E-state index contributed by atoms with van der Waals surface area (Å²) in [6.07, 6.45) is 1.13. The number of nitrogens with zero attached hydrogens (tertiary/aromatic N) is 3. The summed E-state index contributed by atoms with van der Waals surface area (Å²) < 4.78 is 0.707. The van der Waals surface area contributed by atoms with Gasteiger partial charge in [0.25, 0.3) is 11.8 Å². The van der Waals surface area contributed by atoms with E-state index in [4.69, 9.17) is 0 Å². The van der Waals surface area contributed by atoms with Crippen LogP contribution in [0, 0.1) is 0 Å². The summed E-state index contributed by atoms with van der Waals surface area (Å²) in [7, 11) is 0. The highest BCUT2D eigenvalue weighted by atomic mass is 79.9. The van der Waals surface area contributed by atoms with Crippen molar-refractivity contribution in [2.45, 2.75) is 19.8 Å². The average molecular weight is 422 g/mol. The maximum absolute atomic E-state index is 12.6. The first kappa shape index (κ1) is 18.6. The molecule has 1 aromatic rings. The van der Waals surface area contributed by atoms with E-state index in [0.717, 1.165) is 4.90 Å². The maximum Gasteiger partial charge on any atom is 0.262 e. The summed E-state index contributed by atoms with van der Waals surface area (Å²) in [5.74, 6) is -1.09. The second-order valence-corrected chi connectivity index (χ2v) is 7.27. The van der Waals surface area contributed by atoms with Gasteiger partial charge in [0, 0.05) is 37.1 Å². The molecule has 0 aliphatic carbocycles. The van der Waals surface area contributed by atoms with E-state index in [1.807, 2.05) is 6.92 Å². The van der Waals surface area contributed by atoms with Crippen molar-refractivity contribution in [3.63, 3.8) is 0 Å². The highest BCUT2D eigenvalue weighted by Crippen LogP contribution is 2.26. The van der Waals surface area contributed by atoms with Gasteiger partial charge in [-0.25, -0.2) is 0 Å². The number of hydrogen-bond donors (Lipinski definition) is 0. The Hall–Kier alpha value is -2.22. The molecule has 0 aromatic heterocycles. The number of fused-ring (bicyclic) bond motifs is 1. The number of carbonyl (C=O) groups excluding carboxylic acids is 4. The van der Waals surface area contributed by atoms with Crippen LogP contribution in [0.3, 0.4) is 0 Å². The van der Waals surface area contributed by atoms with Crippen LogP contribution in [0.5, 0.6) is 0 Å². The summed E-state index contributed by atoms with van der Waals surface area (Å²) in [6, 6.07) is 4.88. The number of hydrogen-bond acceptors (Lipinski definition) is 4. The van der Waals surface area contributed by atoms with E-state index in [0.29, 0.717) is 54.6 Å². The molecule has 0 bridgehead atoms. The fourth-order valence-corrected chi connectivity index (χ4v) is 3.64. The zero-order valence-electron chi connectivity index (χ0n) is 14.5. The zero-order valence-corrected chi connectivity index (χ0v) is 16.1. The van der Waals surface area contributed by atoms with Crippen molar-refractivity contribution in [3.05, 3.63) is 33.8 Å². The maximum atomic E-state index is 12.6. The molecule has 26 heavy (non-hydrogen) atoms. The molecule has 1 aromatic carbocycles. The van der Waals surface area contributed by atoms with Crippen LogP contribution in [-0.2, 0) is 9.59 Å². The number of carbonyl (C=O) groups is 4. The molecule has 8 heteroatoms. The van der Waals surface area contributed by atoms with Crippen LogP contribution in [0.4, 0.5) is 0 Å². The third kappa shape index (κ3) is 3.51. The van der Waals surface area contributed by atoms with Gasteiger partial charge in [-0.15, -0.1) is 0 Å². The lowest BCUT2D eigenvalue weighted by atomic mass is 10.1. The SMILES string of the molecule is CCC(=O)N1CCCN(C(=O)CN2C(=O)c3ccc(Br)cc3C2=O)CC1. The van der Waals surface area contributed by atoms with Crippen LogP contribution < -0.4 is 0 Å². The minimum Gasteiger partial charge on any atom is -0.341 e. The van der Waals surface area contributed by atoms with Gasteiger partial charge in [-0.1, -0.05) is 22.9 Å². The minimum atomic E-state index is -0.447. The summed E-state index contributed by atoms with van der Waals surface area (Å²) in [5, 5.41) is 0. The fourth-order valence-electron chi connectivity index (χ4n) is 3.28. The molecule has 0 N–H and O–H groups in total. The molecule has 2 heterocycles. The monoisotopic (exact) mass is 421 g/mol. The summed E-state index contributed by atoms with van der Waals surface area (Å²) in [6.45, 7) is 3.58. The molecule has 0 atom stereocenters.